The van der Waals surface area contributed by atoms with Gasteiger partial charge in [-0.25, -0.2) is 0 Å². The van der Waals surface area contributed by atoms with Crippen LogP contribution in [-0.4, -0.2) is 12.0 Å². The van der Waals surface area contributed by atoms with Gasteiger partial charge >= 0.3 is 0 Å². The molecule has 0 saturated heterocycles. The molecular weight excluding hydrogens is 348 g/mol. The Morgan fingerprint density at radius 3 is 2.19 bits per heavy atom. The lowest BCUT2D eigenvalue weighted by atomic mass is 9.94. The van der Waals surface area contributed by atoms with Gasteiger partial charge in [-0.05, 0) is 44.0 Å². The number of carbonyl (C=O) groups excluding carboxylic acids is 1. The number of amides is 1. The zero-order valence-electron chi connectivity index (χ0n) is 15.8. The monoisotopic (exact) mass is 376 g/mol. The molecule has 3 unspecified atom stereocenters. The molecule has 3 atom stereocenters. The SMILES string of the molecule is CC(C)Oc1cccc(C(C)NC(=O)C(C)C(N)c2ccccc2)c1.Cl. The maximum absolute atomic E-state index is 12.6. The maximum atomic E-state index is 12.6. The Balaban J connectivity index is 0.00000338. The van der Waals surface area contributed by atoms with E-state index in [-0.39, 0.29) is 42.4 Å². The predicted molar refractivity (Wildman–Crippen MR) is 109 cm³/mol. The average molecular weight is 377 g/mol. The third-order valence-corrected chi connectivity index (χ3v) is 4.23. The van der Waals surface area contributed by atoms with E-state index in [1.54, 1.807) is 0 Å². The van der Waals surface area contributed by atoms with Crippen molar-refractivity contribution in [3.8, 4) is 5.75 Å². The Bertz CT molecular complexity index is 691. The van der Waals surface area contributed by atoms with Crippen molar-refractivity contribution in [2.24, 2.45) is 11.7 Å². The Labute approximate surface area is 162 Å². The largest absolute Gasteiger partial charge is 0.491 e. The van der Waals surface area contributed by atoms with Crippen molar-refractivity contribution in [3.05, 3.63) is 65.7 Å². The lowest BCUT2D eigenvalue weighted by Crippen LogP contribution is -2.36. The molecule has 4 nitrogen and oxygen atoms in total. The molecule has 3 N–H and O–H groups in total. The summed E-state index contributed by atoms with van der Waals surface area (Å²) in [4.78, 5) is 12.6. The Morgan fingerprint density at radius 1 is 0.962 bits per heavy atom. The zero-order valence-corrected chi connectivity index (χ0v) is 16.6. The summed E-state index contributed by atoms with van der Waals surface area (Å²) in [7, 11) is 0. The van der Waals surface area contributed by atoms with Crippen LogP contribution in [-0.2, 0) is 4.79 Å². The first-order valence-corrected chi connectivity index (χ1v) is 8.76. The van der Waals surface area contributed by atoms with Gasteiger partial charge in [0.15, 0.2) is 0 Å². The second-order valence-corrected chi connectivity index (χ2v) is 6.69. The third-order valence-electron chi connectivity index (χ3n) is 4.23. The van der Waals surface area contributed by atoms with Crippen LogP contribution in [0.25, 0.3) is 0 Å². The Kier molecular flexibility index (Phi) is 8.62. The van der Waals surface area contributed by atoms with E-state index in [1.807, 2.05) is 82.3 Å². The minimum Gasteiger partial charge on any atom is -0.491 e. The maximum Gasteiger partial charge on any atom is 0.225 e. The van der Waals surface area contributed by atoms with Gasteiger partial charge in [0, 0.05) is 6.04 Å². The molecule has 0 spiro atoms. The van der Waals surface area contributed by atoms with Gasteiger partial charge in [0.2, 0.25) is 5.91 Å². The van der Waals surface area contributed by atoms with Crippen LogP contribution in [0.2, 0.25) is 0 Å². The number of hydrogen-bond acceptors (Lipinski definition) is 3. The van der Waals surface area contributed by atoms with Crippen LogP contribution < -0.4 is 15.8 Å². The Hall–Kier alpha value is -2.04. The number of rotatable bonds is 7. The third kappa shape index (κ3) is 6.04. The van der Waals surface area contributed by atoms with Gasteiger partial charge in [-0.1, -0.05) is 49.4 Å². The number of carbonyl (C=O) groups is 1. The molecule has 26 heavy (non-hydrogen) atoms. The molecule has 0 heterocycles. The molecule has 2 rings (SSSR count). The van der Waals surface area contributed by atoms with Crippen molar-refractivity contribution in [2.75, 3.05) is 0 Å². The number of ether oxygens (including phenoxy) is 1. The molecule has 0 fully saturated rings. The highest BCUT2D eigenvalue weighted by Crippen LogP contribution is 2.23. The van der Waals surface area contributed by atoms with Crippen LogP contribution in [0.4, 0.5) is 0 Å². The molecule has 1 amide bonds. The fraction of sp³-hybridized carbons (Fsp3) is 0.381. The molecule has 2 aromatic carbocycles. The first kappa shape index (κ1) is 22.0. The van der Waals surface area contributed by atoms with E-state index in [0.717, 1.165) is 16.9 Å². The average Bonchev–Trinajstić information content (AvgIpc) is 2.60. The molecular formula is C21H29ClN2O2. The van der Waals surface area contributed by atoms with Crippen molar-refractivity contribution in [3.63, 3.8) is 0 Å². The summed E-state index contributed by atoms with van der Waals surface area (Å²) < 4.78 is 5.72. The fourth-order valence-corrected chi connectivity index (χ4v) is 2.68. The minimum absolute atomic E-state index is 0. The van der Waals surface area contributed by atoms with Crippen molar-refractivity contribution in [1.82, 2.24) is 5.32 Å². The highest BCUT2D eigenvalue weighted by molar-refractivity contribution is 5.85. The number of halogens is 1. The molecule has 0 aliphatic heterocycles. The first-order valence-electron chi connectivity index (χ1n) is 8.76. The van der Waals surface area contributed by atoms with Gasteiger partial charge in [0.05, 0.1) is 18.1 Å². The summed E-state index contributed by atoms with van der Waals surface area (Å²) in [5, 5.41) is 3.05. The van der Waals surface area contributed by atoms with Gasteiger partial charge in [0.25, 0.3) is 0 Å². The molecule has 2 aromatic rings. The summed E-state index contributed by atoms with van der Waals surface area (Å²) in [6.45, 7) is 7.81. The van der Waals surface area contributed by atoms with Crippen molar-refractivity contribution in [1.29, 1.82) is 0 Å². The van der Waals surface area contributed by atoms with E-state index in [1.165, 1.54) is 0 Å². The molecule has 0 aromatic heterocycles. The highest BCUT2D eigenvalue weighted by atomic mass is 35.5. The molecule has 0 saturated carbocycles. The van der Waals surface area contributed by atoms with Gasteiger partial charge < -0.3 is 15.8 Å². The van der Waals surface area contributed by atoms with E-state index >= 15 is 0 Å². The second kappa shape index (κ2) is 10.2. The number of nitrogens with two attached hydrogens (primary N) is 1. The quantitative estimate of drug-likeness (QED) is 0.752. The zero-order chi connectivity index (χ0) is 18.4. The van der Waals surface area contributed by atoms with Crippen LogP contribution in [0.5, 0.6) is 5.75 Å². The van der Waals surface area contributed by atoms with Gasteiger partial charge in [0.1, 0.15) is 5.75 Å². The predicted octanol–water partition coefficient (Wildman–Crippen LogP) is 4.41. The molecule has 0 aliphatic rings. The second-order valence-electron chi connectivity index (χ2n) is 6.69. The molecule has 0 aliphatic carbocycles. The van der Waals surface area contributed by atoms with Crippen molar-refractivity contribution < 1.29 is 9.53 Å². The lowest BCUT2D eigenvalue weighted by molar-refractivity contribution is -0.125. The van der Waals surface area contributed by atoms with Crippen LogP contribution in [0.15, 0.2) is 54.6 Å². The number of benzene rings is 2. The van der Waals surface area contributed by atoms with Crippen LogP contribution >= 0.6 is 12.4 Å². The van der Waals surface area contributed by atoms with E-state index in [9.17, 15) is 4.79 Å². The van der Waals surface area contributed by atoms with E-state index in [2.05, 4.69) is 5.32 Å². The normalized spacial score (nSPS) is 14.1. The minimum atomic E-state index is -0.330. The van der Waals surface area contributed by atoms with E-state index < -0.39 is 0 Å². The summed E-state index contributed by atoms with van der Waals surface area (Å²) in [5.41, 5.74) is 8.22. The molecule has 5 heteroatoms. The van der Waals surface area contributed by atoms with Crippen LogP contribution in [0.3, 0.4) is 0 Å². The summed E-state index contributed by atoms with van der Waals surface area (Å²) in [6, 6.07) is 17.1. The fourth-order valence-electron chi connectivity index (χ4n) is 2.68. The highest BCUT2D eigenvalue weighted by Gasteiger charge is 2.23. The number of hydrogen-bond donors (Lipinski definition) is 2. The van der Waals surface area contributed by atoms with Crippen LogP contribution in [0, 0.1) is 5.92 Å². The molecule has 0 bridgehead atoms. The van der Waals surface area contributed by atoms with Gasteiger partial charge in [-0.15, -0.1) is 12.4 Å². The topological polar surface area (TPSA) is 64.3 Å². The van der Waals surface area contributed by atoms with Gasteiger partial charge in [-0.2, -0.15) is 0 Å². The lowest BCUT2D eigenvalue weighted by Gasteiger charge is -2.23. The Morgan fingerprint density at radius 2 is 1.58 bits per heavy atom. The number of nitrogens with one attached hydrogen (secondary N) is 1. The first-order chi connectivity index (χ1) is 11.9. The molecule has 0 radical (unpaired) electrons. The van der Waals surface area contributed by atoms with Crippen molar-refractivity contribution in [2.45, 2.75) is 45.9 Å². The van der Waals surface area contributed by atoms with E-state index in [4.69, 9.17) is 10.5 Å². The smallest absolute Gasteiger partial charge is 0.225 e. The van der Waals surface area contributed by atoms with Crippen molar-refractivity contribution >= 4 is 18.3 Å². The summed E-state index contributed by atoms with van der Waals surface area (Å²) >= 11 is 0. The van der Waals surface area contributed by atoms with E-state index in [0.29, 0.717) is 0 Å². The molecule has 142 valence electrons. The summed E-state index contributed by atoms with van der Waals surface area (Å²) in [5.74, 6) is 0.432. The van der Waals surface area contributed by atoms with Crippen LogP contribution in [0.1, 0.15) is 50.9 Å². The van der Waals surface area contributed by atoms with Gasteiger partial charge in [-0.3, -0.25) is 4.79 Å². The summed E-state index contributed by atoms with van der Waals surface area (Å²) in [6.07, 6.45) is 0.115. The standard InChI is InChI=1S/C21H28N2O2.ClH/c1-14(2)25-19-12-8-11-18(13-19)16(4)23-21(24)15(3)20(22)17-9-6-5-7-10-17;/h5-16,20H,22H2,1-4H3,(H,23,24);1H.